The number of sulfonamides is 1. The van der Waals surface area contributed by atoms with Crippen molar-refractivity contribution in [1.29, 1.82) is 0 Å². The Morgan fingerprint density at radius 3 is 2.28 bits per heavy atom. The third kappa shape index (κ3) is 5.49. The lowest BCUT2D eigenvalue weighted by atomic mass is 10.1. The molecule has 0 aromatic heterocycles. The molecule has 1 unspecified atom stereocenters. The van der Waals surface area contributed by atoms with Crippen LogP contribution in [0.15, 0.2) is 42.5 Å². The number of nitrogens with one attached hydrogen (secondary N) is 3. The average Bonchev–Trinajstić information content (AvgIpc) is 2.51. The molecule has 0 aliphatic rings. The molecule has 0 saturated carbocycles. The molecule has 1 atom stereocenters. The van der Waals surface area contributed by atoms with Gasteiger partial charge in [-0.3, -0.25) is 9.52 Å². The largest absolute Gasteiger partial charge is 0.374 e. The zero-order chi connectivity index (χ0) is 18.6. The van der Waals surface area contributed by atoms with E-state index in [1.165, 1.54) is 0 Å². The molecule has 2 aromatic rings. The summed E-state index contributed by atoms with van der Waals surface area (Å²) in [5, 5.41) is 5.97. The molecule has 0 aliphatic heterocycles. The molecule has 134 valence electrons. The minimum Gasteiger partial charge on any atom is -0.374 e. The van der Waals surface area contributed by atoms with Crippen LogP contribution in [0.3, 0.4) is 0 Å². The fourth-order valence-electron chi connectivity index (χ4n) is 2.29. The molecule has 0 radical (unpaired) electrons. The van der Waals surface area contributed by atoms with Gasteiger partial charge >= 0.3 is 0 Å². The van der Waals surface area contributed by atoms with Crippen LogP contribution in [0.5, 0.6) is 0 Å². The lowest BCUT2D eigenvalue weighted by molar-refractivity contribution is -0.116. The van der Waals surface area contributed by atoms with Crippen molar-refractivity contribution in [3.05, 3.63) is 53.6 Å². The molecule has 0 aliphatic carbocycles. The van der Waals surface area contributed by atoms with E-state index in [9.17, 15) is 13.2 Å². The first-order valence-electron chi connectivity index (χ1n) is 7.87. The monoisotopic (exact) mass is 361 g/mol. The van der Waals surface area contributed by atoms with Crippen LogP contribution in [0.4, 0.5) is 17.1 Å². The van der Waals surface area contributed by atoms with Gasteiger partial charge in [0.25, 0.3) is 0 Å². The third-order valence-corrected chi connectivity index (χ3v) is 4.30. The van der Waals surface area contributed by atoms with Gasteiger partial charge in [0.1, 0.15) is 6.04 Å². The van der Waals surface area contributed by atoms with Crippen LogP contribution in [-0.2, 0) is 14.8 Å². The highest BCUT2D eigenvalue weighted by molar-refractivity contribution is 7.92. The lowest BCUT2D eigenvalue weighted by Gasteiger charge is -2.17. The van der Waals surface area contributed by atoms with Gasteiger partial charge in [-0.2, -0.15) is 0 Å². The second-order valence-corrected chi connectivity index (χ2v) is 7.82. The van der Waals surface area contributed by atoms with Gasteiger partial charge in [-0.05, 0) is 50.1 Å². The maximum absolute atomic E-state index is 12.4. The predicted octanol–water partition coefficient (Wildman–Crippen LogP) is 3.11. The standard InChI is InChI=1S/C18H23N3O3S/c1-12-7-5-6-8-16(12)20-18(22)14(3)19-15-10-9-13(2)17(11-15)21-25(4,23)24/h5-11,14,19,21H,1-4H3,(H,20,22). The molecule has 0 spiro atoms. The van der Waals surface area contributed by atoms with Crippen LogP contribution in [0.1, 0.15) is 18.1 Å². The highest BCUT2D eigenvalue weighted by Gasteiger charge is 2.14. The molecule has 3 N–H and O–H groups in total. The Hall–Kier alpha value is -2.54. The Morgan fingerprint density at radius 1 is 1.00 bits per heavy atom. The Bertz CT molecular complexity index is 879. The quantitative estimate of drug-likeness (QED) is 0.738. The van der Waals surface area contributed by atoms with E-state index in [1.807, 2.05) is 38.1 Å². The van der Waals surface area contributed by atoms with E-state index >= 15 is 0 Å². The molecule has 6 nitrogen and oxygen atoms in total. The molecule has 0 bridgehead atoms. The number of para-hydroxylation sites is 1. The topological polar surface area (TPSA) is 87.3 Å². The Morgan fingerprint density at radius 2 is 1.64 bits per heavy atom. The van der Waals surface area contributed by atoms with Gasteiger partial charge in [0, 0.05) is 11.4 Å². The summed E-state index contributed by atoms with van der Waals surface area (Å²) in [7, 11) is -3.36. The van der Waals surface area contributed by atoms with Crippen LogP contribution in [-0.4, -0.2) is 26.6 Å². The van der Waals surface area contributed by atoms with E-state index in [2.05, 4.69) is 15.4 Å². The number of hydrogen-bond acceptors (Lipinski definition) is 4. The van der Waals surface area contributed by atoms with E-state index in [1.54, 1.807) is 25.1 Å². The van der Waals surface area contributed by atoms with Crippen LogP contribution >= 0.6 is 0 Å². The Kier molecular flexibility index (Phi) is 5.69. The Balaban J connectivity index is 2.09. The first-order chi connectivity index (χ1) is 11.7. The average molecular weight is 361 g/mol. The maximum atomic E-state index is 12.4. The molecule has 0 heterocycles. The number of hydrogen-bond donors (Lipinski definition) is 3. The lowest BCUT2D eigenvalue weighted by Crippen LogP contribution is -2.32. The highest BCUT2D eigenvalue weighted by Crippen LogP contribution is 2.22. The van der Waals surface area contributed by atoms with E-state index in [0.29, 0.717) is 11.4 Å². The molecule has 2 aromatic carbocycles. The van der Waals surface area contributed by atoms with E-state index in [0.717, 1.165) is 23.1 Å². The van der Waals surface area contributed by atoms with E-state index in [4.69, 9.17) is 0 Å². The van der Waals surface area contributed by atoms with Gasteiger partial charge in [0.15, 0.2) is 0 Å². The van der Waals surface area contributed by atoms with Crippen molar-refractivity contribution in [3.8, 4) is 0 Å². The van der Waals surface area contributed by atoms with Gasteiger partial charge in [0.2, 0.25) is 15.9 Å². The van der Waals surface area contributed by atoms with Crippen LogP contribution < -0.4 is 15.4 Å². The summed E-state index contributed by atoms with van der Waals surface area (Å²) in [4.78, 5) is 12.4. The number of aryl methyl sites for hydroxylation is 2. The van der Waals surface area contributed by atoms with Crippen molar-refractivity contribution in [2.75, 3.05) is 21.6 Å². The number of rotatable bonds is 6. The highest BCUT2D eigenvalue weighted by atomic mass is 32.2. The van der Waals surface area contributed by atoms with Crippen LogP contribution in [0.25, 0.3) is 0 Å². The molecule has 7 heteroatoms. The zero-order valence-electron chi connectivity index (χ0n) is 14.8. The van der Waals surface area contributed by atoms with Crippen molar-refractivity contribution in [1.82, 2.24) is 0 Å². The summed E-state index contributed by atoms with van der Waals surface area (Å²) in [5.41, 5.74) is 3.69. The van der Waals surface area contributed by atoms with Gasteiger partial charge in [-0.1, -0.05) is 24.3 Å². The van der Waals surface area contributed by atoms with Gasteiger partial charge in [-0.25, -0.2) is 8.42 Å². The minimum absolute atomic E-state index is 0.174. The van der Waals surface area contributed by atoms with Gasteiger partial charge in [-0.15, -0.1) is 0 Å². The number of benzene rings is 2. The second-order valence-electron chi connectivity index (χ2n) is 6.07. The molecular formula is C18H23N3O3S. The van der Waals surface area contributed by atoms with Crippen molar-refractivity contribution in [2.45, 2.75) is 26.8 Å². The fourth-order valence-corrected chi connectivity index (χ4v) is 2.91. The summed E-state index contributed by atoms with van der Waals surface area (Å²) in [6.45, 7) is 5.49. The molecule has 1 amide bonds. The van der Waals surface area contributed by atoms with E-state index < -0.39 is 16.1 Å². The maximum Gasteiger partial charge on any atom is 0.246 e. The van der Waals surface area contributed by atoms with Gasteiger partial charge < -0.3 is 10.6 Å². The van der Waals surface area contributed by atoms with Crippen LogP contribution in [0, 0.1) is 13.8 Å². The third-order valence-electron chi connectivity index (χ3n) is 3.71. The summed E-state index contributed by atoms with van der Waals surface area (Å²) < 4.78 is 25.3. The van der Waals surface area contributed by atoms with Crippen molar-refractivity contribution in [2.24, 2.45) is 0 Å². The Labute approximate surface area is 148 Å². The predicted molar refractivity (Wildman–Crippen MR) is 103 cm³/mol. The summed E-state index contributed by atoms with van der Waals surface area (Å²) in [5.74, 6) is -0.174. The molecule has 0 fully saturated rings. The number of anilines is 3. The minimum atomic E-state index is -3.36. The zero-order valence-corrected chi connectivity index (χ0v) is 15.6. The van der Waals surface area contributed by atoms with Crippen molar-refractivity contribution >= 4 is 33.0 Å². The molecular weight excluding hydrogens is 338 g/mol. The van der Waals surface area contributed by atoms with E-state index in [-0.39, 0.29) is 5.91 Å². The summed E-state index contributed by atoms with van der Waals surface area (Å²) in [6, 6.07) is 12.3. The number of carbonyl (C=O) groups excluding carboxylic acids is 1. The van der Waals surface area contributed by atoms with Crippen molar-refractivity contribution in [3.63, 3.8) is 0 Å². The SMILES string of the molecule is Cc1ccccc1NC(=O)C(C)Nc1ccc(C)c(NS(C)(=O)=O)c1. The smallest absolute Gasteiger partial charge is 0.246 e. The normalized spacial score (nSPS) is 12.3. The second kappa shape index (κ2) is 7.57. The first-order valence-corrected chi connectivity index (χ1v) is 9.76. The van der Waals surface area contributed by atoms with Crippen molar-refractivity contribution < 1.29 is 13.2 Å². The molecule has 25 heavy (non-hydrogen) atoms. The number of carbonyl (C=O) groups is 1. The summed E-state index contributed by atoms with van der Waals surface area (Å²) in [6.07, 6.45) is 1.10. The molecule has 2 rings (SSSR count). The van der Waals surface area contributed by atoms with Crippen LogP contribution in [0.2, 0.25) is 0 Å². The number of amides is 1. The molecule has 0 saturated heterocycles. The summed E-state index contributed by atoms with van der Waals surface area (Å²) >= 11 is 0. The van der Waals surface area contributed by atoms with Gasteiger partial charge in [0.05, 0.1) is 11.9 Å². The first kappa shape index (κ1) is 18.8. The fraction of sp³-hybridized carbons (Fsp3) is 0.278.